The van der Waals surface area contributed by atoms with E-state index in [-0.39, 0.29) is 10.6 Å². The van der Waals surface area contributed by atoms with Gasteiger partial charge in [0, 0.05) is 31.7 Å². The number of esters is 1. The SMILES string of the molecule is CC(C)(C)CC1(C(C(N)=O)N2CCNCC2)NC(c2ccccc2OCCCNCCCc2ccccc2)C=C(Cl)OC1=O. The molecule has 2 aromatic carbocycles. The van der Waals surface area contributed by atoms with Crippen LogP contribution in [0.5, 0.6) is 5.75 Å². The lowest BCUT2D eigenvalue weighted by molar-refractivity contribution is -0.155. The van der Waals surface area contributed by atoms with Gasteiger partial charge in [0.15, 0.2) is 5.22 Å². The molecular formula is C34H48ClN5O4. The van der Waals surface area contributed by atoms with E-state index in [0.717, 1.165) is 37.9 Å². The summed E-state index contributed by atoms with van der Waals surface area (Å²) >= 11 is 6.50. The summed E-state index contributed by atoms with van der Waals surface area (Å²) in [6, 6.07) is 16.7. The van der Waals surface area contributed by atoms with Crippen LogP contribution in [0.15, 0.2) is 65.9 Å². The molecule has 2 aliphatic rings. The van der Waals surface area contributed by atoms with Crippen molar-refractivity contribution in [3.8, 4) is 5.75 Å². The molecule has 5 N–H and O–H groups in total. The van der Waals surface area contributed by atoms with Gasteiger partial charge >= 0.3 is 5.97 Å². The number of hydrogen-bond donors (Lipinski definition) is 4. The van der Waals surface area contributed by atoms with Crippen LogP contribution in [0.25, 0.3) is 0 Å². The smallest absolute Gasteiger partial charge is 0.334 e. The fourth-order valence-electron chi connectivity index (χ4n) is 6.25. The normalized spacial score (nSPS) is 22.0. The van der Waals surface area contributed by atoms with Crippen LogP contribution in [0.2, 0.25) is 0 Å². The van der Waals surface area contributed by atoms with Crippen molar-refractivity contribution in [3.05, 3.63) is 77.0 Å². The van der Waals surface area contributed by atoms with Crippen LogP contribution in [0, 0.1) is 5.41 Å². The van der Waals surface area contributed by atoms with Crippen molar-refractivity contribution in [1.29, 1.82) is 0 Å². The quantitative estimate of drug-likeness (QED) is 0.185. The molecule has 0 aromatic heterocycles. The highest BCUT2D eigenvalue weighted by Gasteiger charge is 2.56. The number of amides is 1. The molecule has 1 fully saturated rings. The van der Waals surface area contributed by atoms with Gasteiger partial charge in [-0.2, -0.15) is 0 Å². The van der Waals surface area contributed by atoms with Crippen molar-refractivity contribution in [2.45, 2.75) is 64.1 Å². The number of ether oxygens (including phenoxy) is 2. The van der Waals surface area contributed by atoms with Crippen LogP contribution < -0.4 is 26.4 Å². The van der Waals surface area contributed by atoms with Crippen LogP contribution in [0.4, 0.5) is 0 Å². The minimum atomic E-state index is -1.46. The second-order valence-electron chi connectivity index (χ2n) is 12.9. The first-order valence-corrected chi connectivity index (χ1v) is 16.0. The summed E-state index contributed by atoms with van der Waals surface area (Å²) in [5, 5.41) is 10.3. The Morgan fingerprint density at radius 1 is 1.11 bits per heavy atom. The third-order valence-electron chi connectivity index (χ3n) is 8.00. The molecule has 240 valence electrons. The Bertz CT molecular complexity index is 1260. The zero-order chi connectivity index (χ0) is 31.6. The van der Waals surface area contributed by atoms with Crippen molar-refractivity contribution < 1.29 is 19.1 Å². The number of aryl methyl sites for hydroxylation is 1. The van der Waals surface area contributed by atoms with Crippen molar-refractivity contribution in [2.75, 3.05) is 45.9 Å². The molecule has 0 aliphatic carbocycles. The van der Waals surface area contributed by atoms with E-state index in [1.807, 2.05) is 56.0 Å². The number of halogens is 1. The van der Waals surface area contributed by atoms with Gasteiger partial charge in [-0.05, 0) is 73.5 Å². The molecule has 1 saturated heterocycles. The van der Waals surface area contributed by atoms with Gasteiger partial charge in [-0.25, -0.2) is 4.79 Å². The van der Waals surface area contributed by atoms with E-state index >= 15 is 0 Å². The molecule has 4 rings (SSSR count). The lowest BCUT2D eigenvalue weighted by Crippen LogP contribution is -2.72. The van der Waals surface area contributed by atoms with Gasteiger partial charge in [0.05, 0.1) is 12.6 Å². The summed E-state index contributed by atoms with van der Waals surface area (Å²) in [5.74, 6) is -0.528. The van der Waals surface area contributed by atoms with Crippen molar-refractivity contribution >= 4 is 23.5 Å². The number of nitrogens with one attached hydrogen (secondary N) is 3. The number of nitrogens with two attached hydrogens (primary N) is 1. The first-order chi connectivity index (χ1) is 21.1. The molecular weight excluding hydrogens is 578 g/mol. The fraction of sp³-hybridized carbons (Fsp3) is 0.529. The van der Waals surface area contributed by atoms with E-state index in [1.165, 1.54) is 5.56 Å². The molecule has 44 heavy (non-hydrogen) atoms. The monoisotopic (exact) mass is 625 g/mol. The molecule has 2 heterocycles. The summed E-state index contributed by atoms with van der Waals surface area (Å²) in [4.78, 5) is 29.2. The van der Waals surface area contributed by atoms with Gasteiger partial charge in [-0.3, -0.25) is 15.0 Å². The topological polar surface area (TPSA) is 118 Å². The van der Waals surface area contributed by atoms with Crippen molar-refractivity contribution in [2.24, 2.45) is 11.1 Å². The van der Waals surface area contributed by atoms with Crippen molar-refractivity contribution in [3.63, 3.8) is 0 Å². The highest BCUT2D eigenvalue weighted by molar-refractivity contribution is 6.29. The number of nitrogens with zero attached hydrogens (tertiary/aromatic N) is 1. The molecule has 0 bridgehead atoms. The number of carbonyl (C=O) groups excluding carboxylic acids is 2. The minimum absolute atomic E-state index is 0.0543. The highest BCUT2D eigenvalue weighted by atomic mass is 35.5. The number of piperazine rings is 1. The molecule has 0 radical (unpaired) electrons. The van der Waals surface area contributed by atoms with Crippen LogP contribution in [0.1, 0.15) is 57.2 Å². The van der Waals surface area contributed by atoms with Crippen molar-refractivity contribution in [1.82, 2.24) is 20.9 Å². The van der Waals surface area contributed by atoms with Crippen LogP contribution in [-0.2, 0) is 20.7 Å². The molecule has 9 nitrogen and oxygen atoms in total. The average molecular weight is 626 g/mol. The molecule has 0 saturated carbocycles. The molecule has 2 aliphatic heterocycles. The summed E-state index contributed by atoms with van der Waals surface area (Å²) < 4.78 is 12.0. The maximum absolute atomic E-state index is 14.0. The number of carbonyl (C=O) groups is 2. The Hall–Kier alpha value is -2.95. The zero-order valence-electron chi connectivity index (χ0n) is 26.2. The number of benzene rings is 2. The van der Waals surface area contributed by atoms with E-state index < -0.39 is 29.5 Å². The molecule has 3 unspecified atom stereocenters. The summed E-state index contributed by atoms with van der Waals surface area (Å²) in [6.07, 6.45) is 4.92. The number of primary amides is 1. The van der Waals surface area contributed by atoms with Gasteiger partial charge < -0.3 is 25.8 Å². The zero-order valence-corrected chi connectivity index (χ0v) is 27.0. The van der Waals surface area contributed by atoms with E-state index in [2.05, 4.69) is 40.2 Å². The average Bonchev–Trinajstić information content (AvgIpc) is 3.10. The van der Waals surface area contributed by atoms with E-state index in [9.17, 15) is 9.59 Å². The van der Waals surface area contributed by atoms with Gasteiger partial charge in [0.25, 0.3) is 0 Å². The van der Waals surface area contributed by atoms with Crippen LogP contribution in [0.3, 0.4) is 0 Å². The largest absolute Gasteiger partial charge is 0.493 e. The Balaban J connectivity index is 1.49. The molecule has 0 spiro atoms. The maximum Gasteiger partial charge on any atom is 0.334 e. The second kappa shape index (κ2) is 15.9. The Labute approximate surface area is 266 Å². The molecule has 3 atom stereocenters. The second-order valence-corrected chi connectivity index (χ2v) is 13.2. The van der Waals surface area contributed by atoms with E-state index in [0.29, 0.717) is 45.0 Å². The first kappa shape index (κ1) is 33.9. The van der Waals surface area contributed by atoms with Gasteiger partial charge in [-0.15, -0.1) is 0 Å². The predicted molar refractivity (Wildman–Crippen MR) is 174 cm³/mol. The number of cyclic esters (lactones) is 1. The third-order valence-corrected chi connectivity index (χ3v) is 8.20. The summed E-state index contributed by atoms with van der Waals surface area (Å²) in [5.41, 5.74) is 6.41. The Morgan fingerprint density at radius 3 is 2.50 bits per heavy atom. The van der Waals surface area contributed by atoms with Gasteiger partial charge in [-0.1, -0.05) is 69.3 Å². The lowest BCUT2D eigenvalue weighted by Gasteiger charge is -2.47. The molecule has 2 aromatic rings. The predicted octanol–water partition coefficient (Wildman–Crippen LogP) is 3.88. The number of rotatable bonds is 14. The first-order valence-electron chi connectivity index (χ1n) is 15.7. The Kier molecular flexibility index (Phi) is 12.2. The third kappa shape index (κ3) is 9.28. The number of para-hydroxylation sites is 1. The lowest BCUT2D eigenvalue weighted by atomic mass is 9.73. The van der Waals surface area contributed by atoms with E-state index in [4.69, 9.17) is 26.8 Å². The van der Waals surface area contributed by atoms with E-state index in [1.54, 1.807) is 6.08 Å². The minimum Gasteiger partial charge on any atom is -0.493 e. The fourth-order valence-corrected chi connectivity index (χ4v) is 6.44. The molecule has 1 amide bonds. The van der Waals surface area contributed by atoms with Crippen LogP contribution >= 0.6 is 11.6 Å². The summed E-state index contributed by atoms with van der Waals surface area (Å²) in [7, 11) is 0. The Morgan fingerprint density at radius 2 is 1.80 bits per heavy atom. The highest BCUT2D eigenvalue weighted by Crippen LogP contribution is 2.40. The molecule has 10 heteroatoms. The standard InChI is InChI=1S/C34H48ClN5O4/c1-33(2,3)24-34(30(31(36)41)40-20-18-38-19-21-40)32(42)44-29(35)23-27(39-34)26-14-7-8-15-28(26)43-22-10-17-37-16-9-13-25-11-5-4-6-12-25/h4-8,11-12,14-15,23,27,30,37-39H,9-10,13,16-22,24H2,1-3H3,(H2,36,41). The van der Waals surface area contributed by atoms with Crippen LogP contribution in [-0.4, -0.2) is 74.2 Å². The number of hydrogen-bond acceptors (Lipinski definition) is 8. The maximum atomic E-state index is 14.0. The summed E-state index contributed by atoms with van der Waals surface area (Å²) in [6.45, 7) is 10.9. The van der Waals surface area contributed by atoms with Gasteiger partial charge in [0.2, 0.25) is 5.91 Å². The van der Waals surface area contributed by atoms with Gasteiger partial charge in [0.1, 0.15) is 17.3 Å².